The molecule has 1 aromatic rings. The summed E-state index contributed by atoms with van der Waals surface area (Å²) in [4.78, 5) is 13.2. The summed E-state index contributed by atoms with van der Waals surface area (Å²) < 4.78 is 12.3. The van der Waals surface area contributed by atoms with Gasteiger partial charge in [-0.1, -0.05) is 58.0 Å². The molecule has 166 valence electrons. The van der Waals surface area contributed by atoms with Gasteiger partial charge in [0.2, 0.25) is 6.54 Å². The number of nitro groups is 1. The highest BCUT2D eigenvalue weighted by molar-refractivity contribution is 5.22. The first-order valence-corrected chi connectivity index (χ1v) is 10.6. The largest absolute Gasteiger partial charge is 0.349 e. The van der Waals surface area contributed by atoms with E-state index in [-0.39, 0.29) is 35.4 Å². The summed E-state index contributed by atoms with van der Waals surface area (Å²) in [5, 5.41) is 21.9. The molecule has 1 fully saturated rings. The molecule has 0 N–H and O–H groups in total. The van der Waals surface area contributed by atoms with Crippen molar-refractivity contribution in [3.63, 3.8) is 0 Å². The molecule has 0 aromatic heterocycles. The van der Waals surface area contributed by atoms with Crippen LogP contribution in [0.25, 0.3) is 0 Å². The molecule has 0 unspecified atom stereocenters. The van der Waals surface area contributed by atoms with Crippen LogP contribution in [0.15, 0.2) is 30.3 Å². The van der Waals surface area contributed by atoms with Crippen LogP contribution in [0.4, 0.5) is 0 Å². The normalized spacial score (nSPS) is 24.4. The second kappa shape index (κ2) is 9.42. The van der Waals surface area contributed by atoms with E-state index in [1.807, 2.05) is 83.8 Å². The van der Waals surface area contributed by atoms with Crippen LogP contribution in [0.3, 0.4) is 0 Å². The lowest BCUT2D eigenvalue weighted by Crippen LogP contribution is -2.64. The quantitative estimate of drug-likeness (QED) is 0.463. The number of benzene rings is 1. The lowest BCUT2D eigenvalue weighted by Gasteiger charge is -2.52. The zero-order valence-electron chi connectivity index (χ0n) is 19.2. The SMILES string of the molecule is CC(C)[C@@H](C[N+](=O)[O-])[C@@](C#N)(C(C)C)N(C)[C@H]1COC(C)(C)O[C@H]1c1ccccc1. The van der Waals surface area contributed by atoms with Crippen LogP contribution in [-0.4, -0.2) is 47.4 Å². The van der Waals surface area contributed by atoms with Crippen LogP contribution in [0, 0.1) is 39.2 Å². The molecule has 1 aliphatic heterocycles. The number of ether oxygens (including phenoxy) is 2. The van der Waals surface area contributed by atoms with Gasteiger partial charge in [-0.3, -0.25) is 15.0 Å². The highest BCUT2D eigenvalue weighted by Crippen LogP contribution is 2.43. The molecule has 7 heteroatoms. The van der Waals surface area contributed by atoms with Gasteiger partial charge in [-0.2, -0.15) is 5.26 Å². The zero-order valence-corrected chi connectivity index (χ0v) is 19.2. The predicted octanol–water partition coefficient (Wildman–Crippen LogP) is 4.28. The van der Waals surface area contributed by atoms with Crippen molar-refractivity contribution in [2.75, 3.05) is 20.2 Å². The van der Waals surface area contributed by atoms with Crippen molar-refractivity contribution in [1.82, 2.24) is 4.90 Å². The second-order valence-electron chi connectivity index (χ2n) is 9.30. The first-order chi connectivity index (χ1) is 14.0. The van der Waals surface area contributed by atoms with Gasteiger partial charge in [-0.05, 0) is 38.3 Å². The van der Waals surface area contributed by atoms with Crippen molar-refractivity contribution in [2.24, 2.45) is 17.8 Å². The van der Waals surface area contributed by atoms with Gasteiger partial charge >= 0.3 is 0 Å². The topological polar surface area (TPSA) is 88.6 Å². The van der Waals surface area contributed by atoms with Crippen molar-refractivity contribution in [3.05, 3.63) is 46.0 Å². The third-order valence-electron chi connectivity index (χ3n) is 6.35. The molecular weight excluding hydrogens is 382 g/mol. The molecule has 1 heterocycles. The number of hydrogen-bond donors (Lipinski definition) is 0. The van der Waals surface area contributed by atoms with Crippen molar-refractivity contribution in [1.29, 1.82) is 5.26 Å². The minimum atomic E-state index is -1.05. The van der Waals surface area contributed by atoms with E-state index in [0.29, 0.717) is 6.61 Å². The van der Waals surface area contributed by atoms with Crippen LogP contribution >= 0.6 is 0 Å². The number of hydrogen-bond acceptors (Lipinski definition) is 6. The van der Waals surface area contributed by atoms with Gasteiger partial charge in [-0.25, -0.2) is 0 Å². The molecule has 4 atom stereocenters. The maximum absolute atomic E-state index is 11.5. The molecule has 1 aliphatic rings. The fraction of sp³-hybridized carbons (Fsp3) is 0.696. The average Bonchev–Trinajstić information content (AvgIpc) is 2.67. The minimum absolute atomic E-state index is 0.0445. The zero-order chi connectivity index (χ0) is 22.7. The van der Waals surface area contributed by atoms with Crippen molar-refractivity contribution in [2.45, 2.75) is 65.0 Å². The number of likely N-dealkylation sites (N-methyl/N-ethyl adjacent to an activating group) is 1. The Bertz CT molecular complexity index is 759. The number of nitrogens with zero attached hydrogens (tertiary/aromatic N) is 3. The van der Waals surface area contributed by atoms with Gasteiger partial charge in [0.05, 0.1) is 24.6 Å². The Balaban J connectivity index is 2.55. The van der Waals surface area contributed by atoms with Gasteiger partial charge in [0, 0.05) is 4.92 Å². The van der Waals surface area contributed by atoms with E-state index in [1.54, 1.807) is 0 Å². The van der Waals surface area contributed by atoms with E-state index in [2.05, 4.69) is 6.07 Å². The Morgan fingerprint density at radius 2 is 1.90 bits per heavy atom. The van der Waals surface area contributed by atoms with Gasteiger partial charge in [-0.15, -0.1) is 0 Å². The third-order valence-corrected chi connectivity index (χ3v) is 6.35. The monoisotopic (exact) mass is 417 g/mol. The molecule has 0 radical (unpaired) electrons. The van der Waals surface area contributed by atoms with Gasteiger partial charge in [0.25, 0.3) is 0 Å². The van der Waals surface area contributed by atoms with Crippen molar-refractivity contribution >= 4 is 0 Å². The predicted molar refractivity (Wildman–Crippen MR) is 115 cm³/mol. The van der Waals surface area contributed by atoms with E-state index in [4.69, 9.17) is 9.47 Å². The maximum Gasteiger partial charge on any atom is 0.209 e. The molecule has 0 aliphatic carbocycles. The fourth-order valence-electron chi connectivity index (χ4n) is 4.72. The van der Waals surface area contributed by atoms with E-state index in [0.717, 1.165) is 5.56 Å². The van der Waals surface area contributed by atoms with Gasteiger partial charge in [0.15, 0.2) is 5.79 Å². The molecule has 1 saturated heterocycles. The Hall–Kier alpha value is -2.01. The van der Waals surface area contributed by atoms with E-state index in [1.165, 1.54) is 0 Å². The molecule has 2 rings (SSSR count). The van der Waals surface area contributed by atoms with Crippen LogP contribution in [0.2, 0.25) is 0 Å². The molecule has 0 amide bonds. The lowest BCUT2D eigenvalue weighted by molar-refractivity contribution is -0.493. The summed E-state index contributed by atoms with van der Waals surface area (Å²) in [5.41, 5.74) is -0.0515. The number of rotatable bonds is 8. The summed E-state index contributed by atoms with van der Waals surface area (Å²) >= 11 is 0. The summed E-state index contributed by atoms with van der Waals surface area (Å²) in [6, 6.07) is 12.1. The molecule has 0 saturated carbocycles. The maximum atomic E-state index is 11.5. The van der Waals surface area contributed by atoms with Crippen LogP contribution < -0.4 is 0 Å². The standard InChI is InChI=1S/C23H35N3O4/c1-16(2)19(13-26(27)28)23(15-24,17(3)4)25(7)20-14-29-22(5,6)30-21(20)18-11-9-8-10-12-18/h8-12,16-17,19-21H,13-14H2,1-7H3/t19-,20+,21+,23-/m1/s1. The van der Waals surface area contributed by atoms with E-state index >= 15 is 0 Å². The van der Waals surface area contributed by atoms with Crippen molar-refractivity contribution in [3.8, 4) is 6.07 Å². The van der Waals surface area contributed by atoms with Crippen LogP contribution in [0.1, 0.15) is 53.2 Å². The Labute approximate surface area is 180 Å². The minimum Gasteiger partial charge on any atom is -0.349 e. The Morgan fingerprint density at radius 3 is 2.37 bits per heavy atom. The van der Waals surface area contributed by atoms with Gasteiger partial charge in [0.1, 0.15) is 11.6 Å². The smallest absolute Gasteiger partial charge is 0.209 e. The molecule has 1 aromatic carbocycles. The van der Waals surface area contributed by atoms with Crippen LogP contribution in [0.5, 0.6) is 0 Å². The molecule has 0 spiro atoms. The molecular formula is C23H35N3O4. The first-order valence-electron chi connectivity index (χ1n) is 10.6. The summed E-state index contributed by atoms with van der Waals surface area (Å²) in [5.74, 6) is -1.39. The van der Waals surface area contributed by atoms with Crippen LogP contribution in [-0.2, 0) is 9.47 Å². The van der Waals surface area contributed by atoms with E-state index < -0.39 is 17.2 Å². The third kappa shape index (κ3) is 4.83. The molecule has 0 bridgehead atoms. The fourth-order valence-corrected chi connectivity index (χ4v) is 4.72. The highest BCUT2D eigenvalue weighted by atomic mass is 16.7. The summed E-state index contributed by atoms with van der Waals surface area (Å²) in [6.45, 7) is 11.7. The lowest BCUT2D eigenvalue weighted by atomic mass is 9.69. The average molecular weight is 418 g/mol. The molecule has 30 heavy (non-hydrogen) atoms. The first kappa shape index (κ1) is 24.3. The highest BCUT2D eigenvalue weighted by Gasteiger charge is 2.54. The summed E-state index contributed by atoms with van der Waals surface area (Å²) in [6.07, 6.45) is -0.324. The Morgan fingerprint density at radius 1 is 1.30 bits per heavy atom. The van der Waals surface area contributed by atoms with Gasteiger partial charge < -0.3 is 9.47 Å². The second-order valence-corrected chi connectivity index (χ2v) is 9.30. The Kier molecular flexibility index (Phi) is 7.62. The number of nitriles is 1. The van der Waals surface area contributed by atoms with Crippen molar-refractivity contribution < 1.29 is 14.4 Å². The van der Waals surface area contributed by atoms with E-state index in [9.17, 15) is 15.4 Å². The summed E-state index contributed by atoms with van der Waals surface area (Å²) in [7, 11) is 1.88. The molecule has 7 nitrogen and oxygen atoms in total.